The topological polar surface area (TPSA) is 103 Å². The van der Waals surface area contributed by atoms with Crippen molar-refractivity contribution in [2.24, 2.45) is 0 Å². The largest absolute Gasteiger partial charge is 0.354 e. The summed E-state index contributed by atoms with van der Waals surface area (Å²) >= 11 is 0. The highest BCUT2D eigenvalue weighted by molar-refractivity contribution is 7.89. The molecule has 9 heteroatoms. The van der Waals surface area contributed by atoms with Crippen molar-refractivity contribution in [1.29, 1.82) is 0 Å². The van der Waals surface area contributed by atoms with Crippen LogP contribution in [0.25, 0.3) is 0 Å². The van der Waals surface area contributed by atoms with Gasteiger partial charge in [0.2, 0.25) is 15.9 Å². The van der Waals surface area contributed by atoms with Crippen molar-refractivity contribution in [2.75, 3.05) is 25.4 Å². The van der Waals surface area contributed by atoms with Crippen LogP contribution in [-0.2, 0) is 14.8 Å². The lowest BCUT2D eigenvalue weighted by molar-refractivity contribution is -0.122. The second kappa shape index (κ2) is 7.56. The molecular formula is C15H23N5O3S. The lowest BCUT2D eigenvalue weighted by Crippen LogP contribution is -2.45. The summed E-state index contributed by atoms with van der Waals surface area (Å²) in [6, 6.07) is 3.47. The Bertz CT molecular complexity index is 661. The fraction of sp³-hybridized carbons (Fsp3) is 0.600. The first-order chi connectivity index (χ1) is 11.6. The van der Waals surface area contributed by atoms with E-state index in [9.17, 15) is 13.2 Å². The van der Waals surface area contributed by atoms with Gasteiger partial charge in [-0.15, -0.1) is 0 Å². The smallest absolute Gasteiger partial charge is 0.238 e. The number of hydrazine groups is 1. The van der Waals surface area contributed by atoms with E-state index in [-0.39, 0.29) is 30.3 Å². The van der Waals surface area contributed by atoms with Gasteiger partial charge in [-0.05, 0) is 37.0 Å². The van der Waals surface area contributed by atoms with E-state index in [0.717, 1.165) is 18.4 Å². The molecule has 2 aliphatic heterocycles. The first kappa shape index (κ1) is 17.3. The Morgan fingerprint density at radius 1 is 1.25 bits per heavy atom. The number of rotatable bonds is 6. The SMILES string of the molecule is O=C(NCCS(=O)(=O)N1CCCC1)C1CC(c2ccncc2)NN1. The van der Waals surface area contributed by atoms with Crippen LogP contribution < -0.4 is 16.2 Å². The van der Waals surface area contributed by atoms with Crippen LogP contribution in [0.2, 0.25) is 0 Å². The maximum absolute atomic E-state index is 12.2. The van der Waals surface area contributed by atoms with Crippen molar-refractivity contribution in [1.82, 2.24) is 25.5 Å². The van der Waals surface area contributed by atoms with Crippen molar-refractivity contribution in [3.05, 3.63) is 30.1 Å². The molecule has 1 aromatic heterocycles. The third-order valence-electron chi connectivity index (χ3n) is 4.45. The predicted octanol–water partition coefficient (Wildman–Crippen LogP) is -0.469. The van der Waals surface area contributed by atoms with Crippen LogP contribution >= 0.6 is 0 Å². The third-order valence-corrected chi connectivity index (χ3v) is 6.32. The quantitative estimate of drug-likeness (QED) is 0.639. The first-order valence-corrected chi connectivity index (χ1v) is 9.84. The summed E-state index contributed by atoms with van der Waals surface area (Å²) in [5.41, 5.74) is 7.12. The van der Waals surface area contributed by atoms with Crippen LogP contribution in [0.1, 0.15) is 30.9 Å². The van der Waals surface area contributed by atoms with E-state index in [4.69, 9.17) is 0 Å². The molecule has 1 amide bonds. The van der Waals surface area contributed by atoms with Gasteiger partial charge in [-0.2, -0.15) is 0 Å². The van der Waals surface area contributed by atoms with E-state index in [1.54, 1.807) is 12.4 Å². The van der Waals surface area contributed by atoms with Gasteiger partial charge in [-0.3, -0.25) is 9.78 Å². The maximum Gasteiger partial charge on any atom is 0.238 e. The minimum absolute atomic E-state index is 0.0390. The molecule has 0 saturated carbocycles. The summed E-state index contributed by atoms with van der Waals surface area (Å²) in [4.78, 5) is 16.2. The van der Waals surface area contributed by atoms with E-state index in [1.807, 2.05) is 12.1 Å². The van der Waals surface area contributed by atoms with Crippen molar-refractivity contribution in [3.8, 4) is 0 Å². The summed E-state index contributed by atoms with van der Waals surface area (Å²) in [6.07, 6.45) is 5.87. The third kappa shape index (κ3) is 4.10. The Morgan fingerprint density at radius 2 is 1.96 bits per heavy atom. The Morgan fingerprint density at radius 3 is 2.67 bits per heavy atom. The predicted molar refractivity (Wildman–Crippen MR) is 89.3 cm³/mol. The number of nitrogens with zero attached hydrogens (tertiary/aromatic N) is 2. The number of nitrogens with one attached hydrogen (secondary N) is 3. The average Bonchev–Trinajstić information content (AvgIpc) is 3.27. The second-order valence-corrected chi connectivity index (χ2v) is 8.21. The van der Waals surface area contributed by atoms with Crippen LogP contribution in [0.3, 0.4) is 0 Å². The van der Waals surface area contributed by atoms with E-state index < -0.39 is 10.0 Å². The van der Waals surface area contributed by atoms with Gasteiger partial charge >= 0.3 is 0 Å². The van der Waals surface area contributed by atoms with Gasteiger partial charge in [0, 0.05) is 38.1 Å². The molecule has 1 aromatic rings. The van der Waals surface area contributed by atoms with Gasteiger partial charge in [0.15, 0.2) is 0 Å². The summed E-state index contributed by atoms with van der Waals surface area (Å²) in [6.45, 7) is 1.33. The molecule has 8 nitrogen and oxygen atoms in total. The summed E-state index contributed by atoms with van der Waals surface area (Å²) in [5.74, 6) is -0.233. The zero-order valence-electron chi connectivity index (χ0n) is 13.4. The minimum Gasteiger partial charge on any atom is -0.354 e. The number of pyridine rings is 1. The molecule has 2 atom stereocenters. The Labute approximate surface area is 142 Å². The Kier molecular flexibility index (Phi) is 5.44. The first-order valence-electron chi connectivity index (χ1n) is 8.23. The van der Waals surface area contributed by atoms with Gasteiger partial charge < -0.3 is 5.32 Å². The van der Waals surface area contributed by atoms with Gasteiger partial charge in [-0.1, -0.05) is 0 Å². The lowest BCUT2D eigenvalue weighted by Gasteiger charge is -2.16. The molecule has 24 heavy (non-hydrogen) atoms. The van der Waals surface area contributed by atoms with Crippen LogP contribution in [0.5, 0.6) is 0 Å². The van der Waals surface area contributed by atoms with Crippen molar-refractivity contribution in [2.45, 2.75) is 31.3 Å². The molecule has 0 spiro atoms. The van der Waals surface area contributed by atoms with Crippen molar-refractivity contribution >= 4 is 15.9 Å². The second-order valence-electron chi connectivity index (χ2n) is 6.12. The molecule has 2 saturated heterocycles. The molecule has 3 N–H and O–H groups in total. The van der Waals surface area contributed by atoms with Crippen LogP contribution in [-0.4, -0.2) is 55.0 Å². The van der Waals surface area contributed by atoms with Gasteiger partial charge in [-0.25, -0.2) is 23.6 Å². The molecule has 132 valence electrons. The number of amides is 1. The van der Waals surface area contributed by atoms with E-state index in [1.165, 1.54) is 4.31 Å². The average molecular weight is 353 g/mol. The number of carbonyl (C=O) groups excluding carboxylic acids is 1. The number of hydrogen-bond acceptors (Lipinski definition) is 6. The lowest BCUT2D eigenvalue weighted by atomic mass is 10.0. The van der Waals surface area contributed by atoms with E-state index in [0.29, 0.717) is 19.5 Å². The maximum atomic E-state index is 12.2. The monoisotopic (exact) mass is 353 g/mol. The fourth-order valence-corrected chi connectivity index (χ4v) is 4.50. The van der Waals surface area contributed by atoms with E-state index in [2.05, 4.69) is 21.2 Å². The highest BCUT2D eigenvalue weighted by Gasteiger charge is 2.30. The zero-order chi connectivity index (χ0) is 17.0. The highest BCUT2D eigenvalue weighted by Crippen LogP contribution is 2.21. The number of aromatic nitrogens is 1. The molecule has 0 aliphatic carbocycles. The number of carbonyl (C=O) groups is 1. The Balaban J connectivity index is 1.44. The summed E-state index contributed by atoms with van der Waals surface area (Å²) < 4.78 is 25.7. The number of sulfonamides is 1. The minimum atomic E-state index is -3.26. The van der Waals surface area contributed by atoms with Crippen molar-refractivity contribution in [3.63, 3.8) is 0 Å². The van der Waals surface area contributed by atoms with Crippen LogP contribution in [0.4, 0.5) is 0 Å². The van der Waals surface area contributed by atoms with Gasteiger partial charge in [0.25, 0.3) is 0 Å². The molecule has 3 heterocycles. The Hall–Kier alpha value is -1.55. The standard InChI is InChI=1S/C15H23N5O3S/c21-15(17-7-10-24(22,23)20-8-1-2-9-20)14-11-13(18-19-14)12-3-5-16-6-4-12/h3-6,13-14,18-19H,1-2,7-11H2,(H,17,21). The van der Waals surface area contributed by atoms with Gasteiger partial charge in [0.1, 0.15) is 6.04 Å². The zero-order valence-corrected chi connectivity index (χ0v) is 14.3. The molecule has 2 aliphatic rings. The molecule has 2 fully saturated rings. The molecular weight excluding hydrogens is 330 g/mol. The summed E-state index contributed by atoms with van der Waals surface area (Å²) in [7, 11) is -3.26. The van der Waals surface area contributed by atoms with Gasteiger partial charge in [0.05, 0.1) is 5.75 Å². The highest BCUT2D eigenvalue weighted by atomic mass is 32.2. The van der Waals surface area contributed by atoms with E-state index >= 15 is 0 Å². The molecule has 0 aromatic carbocycles. The van der Waals surface area contributed by atoms with Crippen LogP contribution in [0, 0.1) is 0 Å². The van der Waals surface area contributed by atoms with Crippen LogP contribution in [0.15, 0.2) is 24.5 Å². The molecule has 3 rings (SSSR count). The molecule has 0 bridgehead atoms. The number of hydrogen-bond donors (Lipinski definition) is 3. The summed E-state index contributed by atoms with van der Waals surface area (Å²) in [5, 5.41) is 2.72. The molecule has 0 radical (unpaired) electrons. The van der Waals surface area contributed by atoms with Crippen molar-refractivity contribution < 1.29 is 13.2 Å². The molecule has 2 unspecified atom stereocenters. The normalized spacial score (nSPS) is 25.0. The fourth-order valence-electron chi connectivity index (χ4n) is 3.06.